The Labute approximate surface area is 475 Å². The van der Waals surface area contributed by atoms with Gasteiger partial charge in [0.15, 0.2) is 6.10 Å². The Morgan fingerprint density at radius 2 is 0.740 bits per heavy atom. The maximum Gasteiger partial charge on any atom is 0.361 e. The van der Waals surface area contributed by atoms with Crippen molar-refractivity contribution in [3.8, 4) is 0 Å². The minimum absolute atomic E-state index is 0.181. The molecule has 1 N–H and O–H groups in total. The summed E-state index contributed by atoms with van der Waals surface area (Å²) in [7, 11) is 5.98. The van der Waals surface area contributed by atoms with Crippen LogP contribution in [0.4, 0.5) is 0 Å². The summed E-state index contributed by atoms with van der Waals surface area (Å²) in [6.45, 7) is 4.80. The lowest BCUT2D eigenvalue weighted by atomic mass is 10.0. The molecule has 0 bridgehead atoms. The number of unbranched alkanes of at least 4 members (excludes halogenated alkanes) is 32. The molecule has 0 saturated carbocycles. The van der Waals surface area contributed by atoms with E-state index in [0.717, 1.165) is 83.5 Å². The molecule has 446 valence electrons. The molecule has 0 amide bonds. The van der Waals surface area contributed by atoms with Gasteiger partial charge in [0.05, 0.1) is 34.4 Å². The van der Waals surface area contributed by atoms with Gasteiger partial charge < -0.3 is 28.5 Å². The summed E-state index contributed by atoms with van der Waals surface area (Å²) in [6.07, 6.45) is 74.2. The summed E-state index contributed by atoms with van der Waals surface area (Å²) in [5, 5.41) is 9.73. The van der Waals surface area contributed by atoms with Gasteiger partial charge in [-0.2, -0.15) is 0 Å². The van der Waals surface area contributed by atoms with Gasteiger partial charge in [-0.25, -0.2) is 4.79 Å². The molecule has 0 heterocycles. The van der Waals surface area contributed by atoms with Gasteiger partial charge >= 0.3 is 17.9 Å². The Morgan fingerprint density at radius 1 is 0.403 bits per heavy atom. The third kappa shape index (κ3) is 60.2. The normalized spacial score (nSPS) is 13.2. The molecule has 0 aromatic rings. The lowest BCUT2D eigenvalue weighted by molar-refractivity contribution is -0.870. The van der Waals surface area contributed by atoms with Crippen LogP contribution in [0.1, 0.15) is 284 Å². The quantitative estimate of drug-likeness (QED) is 0.0211. The van der Waals surface area contributed by atoms with E-state index in [2.05, 4.69) is 86.8 Å². The van der Waals surface area contributed by atoms with Crippen molar-refractivity contribution in [2.75, 3.05) is 47.5 Å². The molecular weight excluding hydrogens is 959 g/mol. The highest BCUT2D eigenvalue weighted by molar-refractivity contribution is 5.71. The van der Waals surface area contributed by atoms with E-state index in [9.17, 15) is 19.5 Å². The number of likely N-dealkylation sites (N-methyl/N-ethyl adjacent to an activating group) is 1. The molecule has 9 nitrogen and oxygen atoms in total. The number of aliphatic carboxylic acids is 1. The van der Waals surface area contributed by atoms with Crippen LogP contribution in [0.15, 0.2) is 72.9 Å². The van der Waals surface area contributed by atoms with Crippen LogP contribution in [0.25, 0.3) is 0 Å². The van der Waals surface area contributed by atoms with E-state index in [-0.39, 0.29) is 32.2 Å². The molecule has 2 atom stereocenters. The van der Waals surface area contributed by atoms with Gasteiger partial charge in [0, 0.05) is 12.8 Å². The zero-order valence-electron chi connectivity index (χ0n) is 50.9. The number of hydrogen-bond acceptors (Lipinski definition) is 7. The fourth-order valence-corrected chi connectivity index (χ4v) is 9.08. The zero-order valence-corrected chi connectivity index (χ0v) is 50.9. The van der Waals surface area contributed by atoms with Gasteiger partial charge in [0.2, 0.25) is 0 Å². The smallest absolute Gasteiger partial charge is 0.361 e. The molecule has 77 heavy (non-hydrogen) atoms. The van der Waals surface area contributed by atoms with Crippen LogP contribution in [0.2, 0.25) is 0 Å². The highest BCUT2D eigenvalue weighted by Gasteiger charge is 2.25. The van der Waals surface area contributed by atoms with E-state index in [0.29, 0.717) is 17.4 Å². The van der Waals surface area contributed by atoms with E-state index >= 15 is 0 Å². The lowest BCUT2D eigenvalue weighted by Crippen LogP contribution is -2.40. The van der Waals surface area contributed by atoms with Crippen molar-refractivity contribution >= 4 is 17.9 Å². The van der Waals surface area contributed by atoms with E-state index in [1.54, 1.807) is 0 Å². The van der Waals surface area contributed by atoms with E-state index in [1.807, 2.05) is 21.1 Å². The maximum atomic E-state index is 12.9. The van der Waals surface area contributed by atoms with Crippen molar-refractivity contribution in [2.24, 2.45) is 0 Å². The number of carbonyl (C=O) groups is 3. The highest BCUT2D eigenvalue weighted by Crippen LogP contribution is 2.17. The van der Waals surface area contributed by atoms with Crippen LogP contribution < -0.4 is 0 Å². The Bertz CT molecular complexity index is 1490. The number of ether oxygens (including phenoxy) is 4. The predicted molar refractivity (Wildman–Crippen MR) is 327 cm³/mol. The number of carbonyl (C=O) groups excluding carboxylic acids is 2. The fraction of sp³-hybridized carbons (Fsp3) is 0.779. The first kappa shape index (κ1) is 73.7. The van der Waals surface area contributed by atoms with Crippen LogP contribution in [-0.2, 0) is 33.3 Å². The molecule has 0 aromatic heterocycles. The van der Waals surface area contributed by atoms with Gasteiger partial charge in [-0.3, -0.25) is 9.59 Å². The Hall–Kier alpha value is -3.27. The number of hydrogen-bond donors (Lipinski definition) is 1. The number of esters is 2. The third-order valence-electron chi connectivity index (χ3n) is 14.0. The first-order valence-corrected chi connectivity index (χ1v) is 32.1. The van der Waals surface area contributed by atoms with Gasteiger partial charge in [-0.1, -0.05) is 279 Å². The molecule has 0 aliphatic rings. The molecule has 0 aliphatic carbocycles. The average Bonchev–Trinajstić information content (AvgIpc) is 3.40. The molecule has 0 spiro atoms. The zero-order chi connectivity index (χ0) is 56.2. The number of allylic oxidation sites excluding steroid dienone is 12. The minimum Gasteiger partial charge on any atom is -0.477 e. The molecule has 0 radical (unpaired) electrons. The van der Waals surface area contributed by atoms with Gasteiger partial charge in [-0.05, 0) is 64.2 Å². The predicted octanol–water partition coefficient (Wildman–Crippen LogP) is 19.4. The summed E-state index contributed by atoms with van der Waals surface area (Å²) in [4.78, 5) is 37.5. The van der Waals surface area contributed by atoms with Crippen molar-refractivity contribution in [1.29, 1.82) is 0 Å². The van der Waals surface area contributed by atoms with E-state index < -0.39 is 24.3 Å². The fourth-order valence-electron chi connectivity index (χ4n) is 9.08. The maximum absolute atomic E-state index is 12.9. The minimum atomic E-state index is -1.51. The van der Waals surface area contributed by atoms with Crippen LogP contribution in [0, 0.1) is 0 Å². The monoisotopic (exact) mass is 1080 g/mol. The molecule has 2 unspecified atom stereocenters. The molecule has 0 saturated heterocycles. The summed E-state index contributed by atoms with van der Waals surface area (Å²) in [5.74, 6) is -1.99. The first-order valence-electron chi connectivity index (χ1n) is 32.1. The van der Waals surface area contributed by atoms with E-state index in [1.165, 1.54) is 173 Å². The lowest BCUT2D eigenvalue weighted by Gasteiger charge is -2.25. The van der Waals surface area contributed by atoms with Gasteiger partial charge in [0.25, 0.3) is 6.29 Å². The average molecular weight is 1080 g/mol. The van der Waals surface area contributed by atoms with Gasteiger partial charge in [-0.15, -0.1) is 0 Å². The van der Waals surface area contributed by atoms with E-state index in [4.69, 9.17) is 18.9 Å². The van der Waals surface area contributed by atoms with Crippen molar-refractivity contribution in [1.82, 2.24) is 0 Å². The second-order valence-corrected chi connectivity index (χ2v) is 22.7. The van der Waals surface area contributed by atoms with Crippen LogP contribution in [0.3, 0.4) is 0 Å². The highest BCUT2D eigenvalue weighted by atomic mass is 16.7. The van der Waals surface area contributed by atoms with Crippen LogP contribution >= 0.6 is 0 Å². The molecule has 9 heteroatoms. The molecule has 0 rings (SSSR count). The third-order valence-corrected chi connectivity index (χ3v) is 14.0. The summed E-state index contributed by atoms with van der Waals surface area (Å²) in [6, 6.07) is 0. The summed E-state index contributed by atoms with van der Waals surface area (Å²) in [5.41, 5.74) is 0. The molecule has 0 fully saturated rings. The number of nitrogens with zero attached hydrogens (tertiary/aromatic N) is 1. The van der Waals surface area contributed by atoms with Crippen LogP contribution in [0.5, 0.6) is 0 Å². The Kier molecular flexibility index (Phi) is 56.4. The number of carboxylic acid groups (broad SMARTS) is 1. The number of carboxylic acids is 1. The van der Waals surface area contributed by atoms with Crippen molar-refractivity contribution < 1.29 is 42.9 Å². The number of quaternary nitrogens is 1. The summed E-state index contributed by atoms with van der Waals surface area (Å²) < 4.78 is 22.9. The van der Waals surface area contributed by atoms with Crippen molar-refractivity contribution in [3.63, 3.8) is 0 Å². The second-order valence-electron chi connectivity index (χ2n) is 22.7. The molecule has 0 aliphatic heterocycles. The second kappa shape index (κ2) is 58.9. The summed E-state index contributed by atoms with van der Waals surface area (Å²) >= 11 is 0. The Balaban J connectivity index is 4.16. The largest absolute Gasteiger partial charge is 0.477 e. The van der Waals surface area contributed by atoms with Crippen molar-refractivity contribution in [3.05, 3.63) is 72.9 Å². The van der Waals surface area contributed by atoms with Crippen molar-refractivity contribution in [2.45, 2.75) is 296 Å². The first-order chi connectivity index (χ1) is 37.6. The van der Waals surface area contributed by atoms with Crippen LogP contribution in [-0.4, -0.2) is 87.4 Å². The molecule has 0 aromatic carbocycles. The topological polar surface area (TPSA) is 108 Å². The number of rotatable bonds is 59. The SMILES string of the molecule is CC/C=C\C/C=C\C/C=C\C/C=C\C/C=C\C/C=C\CCCCCCCCCCCCCCC(=O)OC(COC(=O)CCCCCCCCCCCCCCCCCCCCCCC)COC(OCC[N+](C)(C)C)C(=O)O. The standard InChI is InChI=1S/C68H121NO8/c1-6-8-10-12-14-16-18-20-22-24-26-28-29-30-31-32-33-34-35-36-37-39-41-43-45-47-49-51-53-55-57-59-66(71)77-64(63-76-68(67(72)73)74-61-60-69(3,4)5)62-75-65(70)58-56-54-52-50-48-46-44-42-40-38-27-25-23-21-19-17-15-13-11-9-7-2/h8,10,14,16,20,22,26,28,30-31,33-34,64,68H,6-7,9,11-13,15,17-19,21,23-25,27,29,32,35-63H2,1-5H3/p+1/b10-8-,16-14-,22-20-,28-26-,31-30-,34-33-. The van der Waals surface area contributed by atoms with Gasteiger partial charge in [0.1, 0.15) is 13.2 Å². The molecular formula is C68H122NO8+. The Morgan fingerprint density at radius 3 is 1.10 bits per heavy atom.